The number of carbonyl (C=O) groups excluding carboxylic acids is 1. The van der Waals surface area contributed by atoms with Gasteiger partial charge in [0.05, 0.1) is 6.04 Å². The van der Waals surface area contributed by atoms with Crippen LogP contribution in [0.5, 0.6) is 0 Å². The molecule has 0 spiro atoms. The Morgan fingerprint density at radius 1 is 1.24 bits per heavy atom. The van der Waals surface area contributed by atoms with Crippen molar-refractivity contribution in [2.24, 2.45) is 10.7 Å². The zero-order valence-electron chi connectivity index (χ0n) is 13.6. The highest BCUT2D eigenvalue weighted by atomic mass is 35.5. The van der Waals surface area contributed by atoms with Crippen LogP contribution in [0.15, 0.2) is 53.5 Å². The first-order valence-corrected chi connectivity index (χ1v) is 8.42. The van der Waals surface area contributed by atoms with Crippen molar-refractivity contribution in [1.29, 1.82) is 0 Å². The molecular weight excluding hydrogens is 340 g/mol. The average Bonchev–Trinajstić information content (AvgIpc) is 3.02. The molecule has 25 heavy (non-hydrogen) atoms. The standard InChI is InChI=1S/C18H19ClN4O2/c19-13-4-9-15(10-5-13)23-18(24)22-14-6-1-12(2-7-14)3-8-16-11-25-17(20)21-16/h1-2,4-7,9-10,16H,3,8,11H2,(H2,20,21)(H2,22,23,24)/p+1. The number of aryl methyl sites for hydroxylation is 1. The van der Waals surface area contributed by atoms with Crippen LogP contribution in [0, 0.1) is 0 Å². The van der Waals surface area contributed by atoms with E-state index in [4.69, 9.17) is 22.1 Å². The minimum absolute atomic E-state index is 0.136. The maximum Gasteiger partial charge on any atom is 0.422 e. The molecule has 1 aliphatic rings. The minimum atomic E-state index is -0.178. The molecule has 0 saturated carbocycles. The first kappa shape index (κ1) is 17.3. The van der Waals surface area contributed by atoms with Gasteiger partial charge in [-0.2, -0.15) is 0 Å². The molecule has 130 valence electrons. The minimum Gasteiger partial charge on any atom is -0.463 e. The van der Waals surface area contributed by atoms with Gasteiger partial charge in [0.25, 0.3) is 6.02 Å². The van der Waals surface area contributed by atoms with Crippen molar-refractivity contribution >= 4 is 35.0 Å². The summed E-state index contributed by atoms with van der Waals surface area (Å²) in [5.41, 5.74) is 8.25. The molecule has 6 nitrogen and oxygen atoms in total. The van der Waals surface area contributed by atoms with Crippen LogP contribution >= 0.6 is 11.6 Å². The first-order valence-electron chi connectivity index (χ1n) is 8.05. The summed E-state index contributed by atoms with van der Waals surface area (Å²) in [6, 6.07) is 15.1. The summed E-state index contributed by atoms with van der Waals surface area (Å²) < 4.78 is 5.14. The topological polar surface area (TPSA) is 93.3 Å². The zero-order chi connectivity index (χ0) is 17.6. The summed E-state index contributed by atoms with van der Waals surface area (Å²) in [4.78, 5) is 16.3. The predicted octanol–water partition coefficient (Wildman–Crippen LogP) is 2.41. The van der Waals surface area contributed by atoms with E-state index in [-0.39, 0.29) is 18.1 Å². The van der Waals surface area contributed by atoms with E-state index in [0.29, 0.717) is 17.3 Å². The van der Waals surface area contributed by atoms with Gasteiger partial charge in [0.15, 0.2) is 0 Å². The molecule has 2 aromatic carbocycles. The number of anilines is 1. The lowest BCUT2D eigenvalue weighted by Gasteiger charge is -2.06. The number of amidine groups is 1. The number of benzene rings is 2. The highest BCUT2D eigenvalue weighted by Crippen LogP contribution is 2.14. The van der Waals surface area contributed by atoms with Gasteiger partial charge in [-0.25, -0.2) is 15.1 Å². The molecule has 1 unspecified atom stereocenters. The van der Waals surface area contributed by atoms with Gasteiger partial charge < -0.3 is 10.5 Å². The van der Waals surface area contributed by atoms with Crippen molar-refractivity contribution in [3.05, 3.63) is 59.1 Å². The van der Waals surface area contributed by atoms with Crippen LogP contribution in [-0.2, 0) is 11.2 Å². The Labute approximate surface area is 151 Å². The molecule has 7 heteroatoms. The van der Waals surface area contributed by atoms with Crippen LogP contribution in [0.2, 0.25) is 5.02 Å². The third-order valence-electron chi connectivity index (χ3n) is 3.89. The second-order valence-corrected chi connectivity index (χ2v) is 6.29. The van der Waals surface area contributed by atoms with Crippen molar-refractivity contribution in [3.63, 3.8) is 0 Å². The van der Waals surface area contributed by atoms with E-state index < -0.39 is 0 Å². The molecule has 0 aliphatic carbocycles. The maximum atomic E-state index is 12.0. The van der Waals surface area contributed by atoms with Crippen molar-refractivity contribution < 1.29 is 14.8 Å². The summed E-state index contributed by atoms with van der Waals surface area (Å²) in [5.74, 6) is 0. The smallest absolute Gasteiger partial charge is 0.422 e. The SMILES string of the molecule is NC1=NC(CCc2ccc([NH2+]C(=O)Nc3ccc(Cl)cc3)cc2)CO1. The van der Waals surface area contributed by atoms with E-state index in [0.717, 1.165) is 18.5 Å². The van der Waals surface area contributed by atoms with Crippen molar-refractivity contribution in [1.82, 2.24) is 0 Å². The number of ether oxygens (including phenoxy) is 1. The lowest BCUT2D eigenvalue weighted by molar-refractivity contribution is -0.459. The van der Waals surface area contributed by atoms with Gasteiger partial charge in [0.2, 0.25) is 0 Å². The number of primary amides is 1. The fourth-order valence-corrected chi connectivity index (χ4v) is 2.69. The van der Waals surface area contributed by atoms with Gasteiger partial charge in [-0.3, -0.25) is 5.32 Å². The number of quaternary nitrogens is 1. The number of hydrogen-bond acceptors (Lipinski definition) is 4. The largest absolute Gasteiger partial charge is 0.463 e. The van der Waals surface area contributed by atoms with Gasteiger partial charge in [-0.1, -0.05) is 23.7 Å². The van der Waals surface area contributed by atoms with Gasteiger partial charge in [-0.15, -0.1) is 0 Å². The number of nitrogens with zero attached hydrogens (tertiary/aromatic N) is 1. The number of halogens is 1. The number of urea groups is 1. The van der Waals surface area contributed by atoms with E-state index in [1.165, 1.54) is 5.56 Å². The Kier molecular flexibility index (Phi) is 5.53. The summed E-state index contributed by atoms with van der Waals surface area (Å²) in [6.07, 6.45) is 1.78. The van der Waals surface area contributed by atoms with Crippen LogP contribution in [0.3, 0.4) is 0 Å². The molecule has 1 atom stereocenters. The molecular formula is C18H20ClN4O2+. The van der Waals surface area contributed by atoms with Gasteiger partial charge in [0, 0.05) is 10.7 Å². The number of carbonyl (C=O) groups is 1. The van der Waals surface area contributed by atoms with Crippen LogP contribution in [0.1, 0.15) is 12.0 Å². The average molecular weight is 360 g/mol. The van der Waals surface area contributed by atoms with Crippen LogP contribution in [0.25, 0.3) is 0 Å². The van der Waals surface area contributed by atoms with Crippen LogP contribution in [-0.4, -0.2) is 24.7 Å². The Morgan fingerprint density at radius 3 is 2.60 bits per heavy atom. The highest BCUT2D eigenvalue weighted by molar-refractivity contribution is 6.30. The monoisotopic (exact) mass is 359 g/mol. The third kappa shape index (κ3) is 5.20. The Bertz CT molecular complexity index is 760. The van der Waals surface area contributed by atoms with Gasteiger partial charge in [-0.05, 0) is 54.8 Å². The molecule has 0 fully saturated rings. The van der Waals surface area contributed by atoms with E-state index in [1.807, 2.05) is 24.3 Å². The van der Waals surface area contributed by atoms with E-state index in [2.05, 4.69) is 10.3 Å². The third-order valence-corrected chi connectivity index (χ3v) is 4.14. The lowest BCUT2D eigenvalue weighted by atomic mass is 10.1. The fraction of sp³-hybridized carbons (Fsp3) is 0.222. The van der Waals surface area contributed by atoms with E-state index in [9.17, 15) is 4.79 Å². The van der Waals surface area contributed by atoms with E-state index >= 15 is 0 Å². The van der Waals surface area contributed by atoms with Crippen molar-refractivity contribution in [3.8, 4) is 0 Å². The molecule has 0 bridgehead atoms. The second-order valence-electron chi connectivity index (χ2n) is 5.85. The lowest BCUT2D eigenvalue weighted by Crippen LogP contribution is -2.83. The molecule has 2 aromatic rings. The molecule has 0 aromatic heterocycles. The number of rotatable bonds is 5. The van der Waals surface area contributed by atoms with E-state index in [1.54, 1.807) is 29.6 Å². The second kappa shape index (κ2) is 8.00. The molecule has 3 rings (SSSR count). The molecule has 2 amide bonds. The number of aliphatic imine (C=N–C) groups is 1. The number of nitrogens with two attached hydrogens (primary N) is 2. The first-order chi connectivity index (χ1) is 12.1. The molecule has 5 N–H and O–H groups in total. The predicted molar refractivity (Wildman–Crippen MR) is 98.2 cm³/mol. The van der Waals surface area contributed by atoms with Gasteiger partial charge >= 0.3 is 6.03 Å². The molecule has 1 aliphatic heterocycles. The number of hydrogen-bond donors (Lipinski definition) is 3. The van der Waals surface area contributed by atoms with Crippen LogP contribution < -0.4 is 16.4 Å². The molecule has 1 heterocycles. The van der Waals surface area contributed by atoms with Crippen LogP contribution in [0.4, 0.5) is 16.2 Å². The number of amides is 2. The Balaban J connectivity index is 1.48. The molecule has 0 saturated heterocycles. The zero-order valence-corrected chi connectivity index (χ0v) is 14.4. The fourth-order valence-electron chi connectivity index (χ4n) is 2.56. The quantitative estimate of drug-likeness (QED) is 0.715. The number of nitrogens with one attached hydrogen (secondary N) is 1. The summed E-state index contributed by atoms with van der Waals surface area (Å²) >= 11 is 5.83. The summed E-state index contributed by atoms with van der Waals surface area (Å²) in [6.45, 7) is 0.558. The molecule has 0 radical (unpaired) electrons. The Hall–Kier alpha value is -2.57. The van der Waals surface area contributed by atoms with Crippen molar-refractivity contribution in [2.45, 2.75) is 18.9 Å². The van der Waals surface area contributed by atoms with Gasteiger partial charge in [0.1, 0.15) is 12.3 Å². The highest BCUT2D eigenvalue weighted by Gasteiger charge is 2.16. The summed E-state index contributed by atoms with van der Waals surface area (Å²) in [7, 11) is 0. The van der Waals surface area contributed by atoms with Crippen molar-refractivity contribution in [2.75, 3.05) is 11.9 Å². The maximum absolute atomic E-state index is 12.0. The summed E-state index contributed by atoms with van der Waals surface area (Å²) in [5, 5.41) is 5.00. The Morgan fingerprint density at radius 2 is 1.96 bits per heavy atom. The normalized spacial score (nSPS) is 16.2.